The molecule has 0 atom stereocenters. The zero-order valence-corrected chi connectivity index (χ0v) is 7.05. The van der Waals surface area contributed by atoms with E-state index in [-0.39, 0.29) is 5.52 Å². The molecule has 2 aromatic heterocycles. The minimum absolute atomic E-state index is 0.170. The Morgan fingerprint density at radius 2 is 2.08 bits per heavy atom. The van der Waals surface area contributed by atoms with Gasteiger partial charge in [-0.25, -0.2) is 9.78 Å². The Kier molecular flexibility index (Phi) is 1.66. The summed E-state index contributed by atoms with van der Waals surface area (Å²) in [6.45, 7) is 0. The first-order valence-electron chi connectivity index (χ1n) is 3.45. The molecule has 0 spiro atoms. The average molecular weight is 198 g/mol. The van der Waals surface area contributed by atoms with Gasteiger partial charge in [0.2, 0.25) is 0 Å². The summed E-state index contributed by atoms with van der Waals surface area (Å²) in [6, 6.07) is 1.47. The lowest BCUT2D eigenvalue weighted by atomic mass is 10.4. The second-order valence-corrected chi connectivity index (χ2v) is 2.89. The van der Waals surface area contributed by atoms with Gasteiger partial charge in [-0.1, -0.05) is 11.6 Å². The van der Waals surface area contributed by atoms with Crippen LogP contribution >= 0.6 is 11.6 Å². The molecular formula is C7H4ClN3O2. The SMILES string of the molecule is O=c1[nH]c(=O)c2ncc(Cl)cc2[nH]1. The quantitative estimate of drug-likeness (QED) is 0.636. The van der Waals surface area contributed by atoms with Gasteiger partial charge < -0.3 is 4.98 Å². The van der Waals surface area contributed by atoms with Gasteiger partial charge in [-0.15, -0.1) is 0 Å². The van der Waals surface area contributed by atoms with Crippen LogP contribution in [0.4, 0.5) is 0 Å². The van der Waals surface area contributed by atoms with Gasteiger partial charge in [-0.05, 0) is 6.07 Å². The molecule has 0 aromatic carbocycles. The van der Waals surface area contributed by atoms with Crippen LogP contribution in [0.1, 0.15) is 0 Å². The zero-order chi connectivity index (χ0) is 9.42. The third-order valence-electron chi connectivity index (χ3n) is 1.54. The minimum Gasteiger partial charge on any atom is -0.305 e. The number of hydrogen-bond acceptors (Lipinski definition) is 3. The molecule has 0 aliphatic carbocycles. The van der Waals surface area contributed by atoms with Gasteiger partial charge >= 0.3 is 5.69 Å². The fraction of sp³-hybridized carbons (Fsp3) is 0. The summed E-state index contributed by atoms with van der Waals surface area (Å²) < 4.78 is 0. The van der Waals surface area contributed by atoms with E-state index in [0.29, 0.717) is 10.5 Å². The molecule has 5 nitrogen and oxygen atoms in total. The number of nitrogens with zero attached hydrogens (tertiary/aromatic N) is 1. The Bertz CT molecular complexity index is 572. The lowest BCUT2D eigenvalue weighted by molar-refractivity contribution is 1.07. The van der Waals surface area contributed by atoms with Crippen molar-refractivity contribution >= 4 is 22.6 Å². The van der Waals surface area contributed by atoms with E-state index in [2.05, 4.69) is 15.0 Å². The first kappa shape index (κ1) is 8.00. The van der Waals surface area contributed by atoms with E-state index in [1.807, 2.05) is 0 Å². The lowest BCUT2D eigenvalue weighted by Gasteiger charge is -1.94. The Morgan fingerprint density at radius 3 is 2.85 bits per heavy atom. The third-order valence-corrected chi connectivity index (χ3v) is 1.75. The van der Waals surface area contributed by atoms with Crippen molar-refractivity contribution in [1.29, 1.82) is 0 Å². The van der Waals surface area contributed by atoms with Crippen LogP contribution in [0.25, 0.3) is 11.0 Å². The molecule has 66 valence electrons. The number of H-pyrrole nitrogens is 2. The minimum atomic E-state index is -0.568. The number of fused-ring (bicyclic) bond motifs is 1. The molecule has 2 rings (SSSR count). The molecule has 0 saturated carbocycles. The number of aromatic amines is 2. The van der Waals surface area contributed by atoms with Crippen molar-refractivity contribution in [2.45, 2.75) is 0 Å². The summed E-state index contributed by atoms with van der Waals surface area (Å²) in [5.74, 6) is 0. The van der Waals surface area contributed by atoms with Crippen LogP contribution < -0.4 is 11.2 Å². The van der Waals surface area contributed by atoms with Crippen LogP contribution in [-0.2, 0) is 0 Å². The molecule has 2 aromatic rings. The van der Waals surface area contributed by atoms with Gasteiger partial charge in [0, 0.05) is 6.20 Å². The fourth-order valence-electron chi connectivity index (χ4n) is 1.03. The van der Waals surface area contributed by atoms with Crippen molar-refractivity contribution in [2.24, 2.45) is 0 Å². The van der Waals surface area contributed by atoms with Gasteiger partial charge in [0.1, 0.15) is 0 Å². The summed E-state index contributed by atoms with van der Waals surface area (Å²) in [7, 11) is 0. The highest BCUT2D eigenvalue weighted by Gasteiger charge is 2.01. The number of aromatic nitrogens is 3. The van der Waals surface area contributed by atoms with Crippen molar-refractivity contribution in [2.75, 3.05) is 0 Å². The first-order valence-corrected chi connectivity index (χ1v) is 3.82. The van der Waals surface area contributed by atoms with Gasteiger partial charge in [-0.3, -0.25) is 9.78 Å². The van der Waals surface area contributed by atoms with E-state index >= 15 is 0 Å². The predicted molar refractivity (Wildman–Crippen MR) is 48.0 cm³/mol. The molecule has 0 fully saturated rings. The van der Waals surface area contributed by atoms with E-state index in [9.17, 15) is 9.59 Å². The van der Waals surface area contributed by atoms with Crippen LogP contribution in [0.2, 0.25) is 5.02 Å². The number of hydrogen-bond donors (Lipinski definition) is 2. The summed E-state index contributed by atoms with van der Waals surface area (Å²) in [4.78, 5) is 30.2. The topological polar surface area (TPSA) is 78.6 Å². The largest absolute Gasteiger partial charge is 0.326 e. The average Bonchev–Trinajstić information content (AvgIpc) is 2.02. The second-order valence-electron chi connectivity index (χ2n) is 2.46. The Morgan fingerprint density at radius 1 is 1.31 bits per heavy atom. The molecule has 0 saturated heterocycles. The van der Waals surface area contributed by atoms with Gasteiger partial charge in [0.25, 0.3) is 5.56 Å². The normalized spacial score (nSPS) is 10.5. The Hall–Kier alpha value is -1.62. The maximum atomic E-state index is 11.1. The Labute approximate surface area is 76.4 Å². The Balaban J connectivity index is 3.03. The van der Waals surface area contributed by atoms with E-state index in [4.69, 9.17) is 11.6 Å². The molecular weight excluding hydrogens is 194 g/mol. The highest BCUT2D eigenvalue weighted by Crippen LogP contribution is 2.09. The van der Waals surface area contributed by atoms with E-state index < -0.39 is 11.2 Å². The molecule has 2 N–H and O–H groups in total. The summed E-state index contributed by atoms with van der Waals surface area (Å²) >= 11 is 5.63. The van der Waals surface area contributed by atoms with Crippen molar-refractivity contribution in [3.63, 3.8) is 0 Å². The monoisotopic (exact) mass is 197 g/mol. The molecule has 0 radical (unpaired) electrons. The molecule has 0 unspecified atom stereocenters. The van der Waals surface area contributed by atoms with Crippen molar-refractivity contribution in [3.05, 3.63) is 38.1 Å². The maximum Gasteiger partial charge on any atom is 0.326 e. The smallest absolute Gasteiger partial charge is 0.305 e. The molecule has 0 amide bonds. The maximum absolute atomic E-state index is 11.1. The van der Waals surface area contributed by atoms with E-state index in [1.165, 1.54) is 12.3 Å². The van der Waals surface area contributed by atoms with Crippen LogP contribution in [0, 0.1) is 0 Å². The molecule has 6 heteroatoms. The standard InChI is InChI=1S/C7H4ClN3O2/c8-3-1-4-5(9-2-3)6(12)11-7(13)10-4/h1-2H,(H2,10,11,12,13). The van der Waals surface area contributed by atoms with Crippen molar-refractivity contribution in [3.8, 4) is 0 Å². The third kappa shape index (κ3) is 1.33. The number of pyridine rings is 1. The van der Waals surface area contributed by atoms with Crippen molar-refractivity contribution in [1.82, 2.24) is 15.0 Å². The van der Waals surface area contributed by atoms with Gasteiger partial charge in [-0.2, -0.15) is 0 Å². The zero-order valence-electron chi connectivity index (χ0n) is 6.30. The highest BCUT2D eigenvalue weighted by atomic mass is 35.5. The molecule has 0 bridgehead atoms. The summed E-state index contributed by atoms with van der Waals surface area (Å²) in [5.41, 5.74) is -0.581. The van der Waals surface area contributed by atoms with Gasteiger partial charge in [0.05, 0.1) is 10.5 Å². The fourth-order valence-corrected chi connectivity index (χ4v) is 1.19. The highest BCUT2D eigenvalue weighted by molar-refractivity contribution is 6.31. The van der Waals surface area contributed by atoms with E-state index in [1.54, 1.807) is 0 Å². The predicted octanol–water partition coefficient (Wildman–Crippen LogP) is 0.265. The molecule has 0 aliphatic heterocycles. The summed E-state index contributed by atoms with van der Waals surface area (Å²) in [5, 5.41) is 0.369. The lowest BCUT2D eigenvalue weighted by Crippen LogP contribution is -2.22. The molecule has 2 heterocycles. The van der Waals surface area contributed by atoms with Crippen LogP contribution in [0.5, 0.6) is 0 Å². The number of nitrogens with one attached hydrogen (secondary N) is 2. The van der Waals surface area contributed by atoms with Crippen molar-refractivity contribution < 1.29 is 0 Å². The number of rotatable bonds is 0. The first-order chi connectivity index (χ1) is 6.16. The molecule has 13 heavy (non-hydrogen) atoms. The van der Waals surface area contributed by atoms with Gasteiger partial charge in [0.15, 0.2) is 5.52 Å². The van der Waals surface area contributed by atoms with Crippen LogP contribution in [-0.4, -0.2) is 15.0 Å². The second kappa shape index (κ2) is 2.70. The van der Waals surface area contributed by atoms with Crippen LogP contribution in [0.3, 0.4) is 0 Å². The van der Waals surface area contributed by atoms with Crippen LogP contribution in [0.15, 0.2) is 21.9 Å². The van der Waals surface area contributed by atoms with E-state index in [0.717, 1.165) is 0 Å². The summed E-state index contributed by atoms with van der Waals surface area (Å²) in [6.07, 6.45) is 1.34. The molecule has 0 aliphatic rings. The number of halogens is 1.